The molecule has 2 fully saturated rings. The number of para-hydroxylation sites is 1. The molecule has 0 saturated carbocycles. The van der Waals surface area contributed by atoms with Crippen LogP contribution in [0.2, 0.25) is 0 Å². The second-order valence-electron chi connectivity index (χ2n) is 6.62. The van der Waals surface area contributed by atoms with E-state index in [4.69, 9.17) is 4.74 Å². The summed E-state index contributed by atoms with van der Waals surface area (Å²) >= 11 is 0. The van der Waals surface area contributed by atoms with Crippen molar-refractivity contribution in [2.45, 2.75) is 25.7 Å². The number of urea groups is 1. The molecule has 2 saturated heterocycles. The number of nitrogens with zero attached hydrogens (tertiary/aromatic N) is 2. The number of hydrogen-bond donors (Lipinski definition) is 1. The van der Waals surface area contributed by atoms with Gasteiger partial charge in [-0.25, -0.2) is 9.79 Å². The van der Waals surface area contributed by atoms with Crippen molar-refractivity contribution in [1.29, 1.82) is 0 Å². The molecule has 3 aliphatic rings. The van der Waals surface area contributed by atoms with Gasteiger partial charge in [0, 0.05) is 31.5 Å². The summed E-state index contributed by atoms with van der Waals surface area (Å²) in [6, 6.07) is 8.00. The van der Waals surface area contributed by atoms with Crippen LogP contribution in [-0.4, -0.2) is 43.1 Å². The summed E-state index contributed by atoms with van der Waals surface area (Å²) in [5.74, 6) is 0.757. The number of fused-ring (bicyclic) bond motifs is 1. The van der Waals surface area contributed by atoms with E-state index in [2.05, 4.69) is 16.4 Å². The van der Waals surface area contributed by atoms with Gasteiger partial charge in [-0.2, -0.15) is 0 Å². The zero-order chi connectivity index (χ0) is 15.0. The summed E-state index contributed by atoms with van der Waals surface area (Å²) in [6.45, 7) is 3.28. The third kappa shape index (κ3) is 2.50. The zero-order valence-corrected chi connectivity index (χ0v) is 12.7. The summed E-state index contributed by atoms with van der Waals surface area (Å²) < 4.78 is 5.63. The first kappa shape index (κ1) is 13.8. The molecule has 5 nitrogen and oxygen atoms in total. The van der Waals surface area contributed by atoms with Gasteiger partial charge in [-0.3, -0.25) is 5.32 Å². The van der Waals surface area contributed by atoms with Gasteiger partial charge in [-0.05, 0) is 30.9 Å². The van der Waals surface area contributed by atoms with Crippen molar-refractivity contribution in [1.82, 2.24) is 10.2 Å². The number of carbonyl (C=O) groups excluding carboxylic acids is 1. The highest BCUT2D eigenvalue weighted by molar-refractivity contribution is 6.02. The molecule has 3 aliphatic heterocycles. The standard InChI is InChI=1S/C17H21N3O2/c21-16(19-15-10-13-4-1-2-5-14(13)18-15)20-8-7-17(11-20)6-3-9-22-12-17/h1-2,4-5H,3,6-12H2,(H,18,19,21). The Kier molecular flexibility index (Phi) is 3.37. The maximum atomic E-state index is 12.5. The molecule has 5 heteroatoms. The highest BCUT2D eigenvalue weighted by Gasteiger charge is 2.41. The van der Waals surface area contributed by atoms with Gasteiger partial charge in [0.25, 0.3) is 0 Å². The number of ether oxygens (including phenoxy) is 1. The van der Waals surface area contributed by atoms with Gasteiger partial charge in [-0.15, -0.1) is 0 Å². The van der Waals surface area contributed by atoms with Crippen molar-refractivity contribution >= 4 is 17.6 Å². The second kappa shape index (κ2) is 5.39. The van der Waals surface area contributed by atoms with E-state index in [0.29, 0.717) is 6.42 Å². The molecule has 4 rings (SSSR count). The molecule has 0 aliphatic carbocycles. The minimum atomic E-state index is -0.0194. The minimum absolute atomic E-state index is 0.0194. The van der Waals surface area contributed by atoms with Crippen molar-refractivity contribution in [2.24, 2.45) is 10.4 Å². The molecule has 0 radical (unpaired) electrons. The molecule has 1 aromatic rings. The molecule has 1 aromatic carbocycles. The number of likely N-dealkylation sites (tertiary alicyclic amines) is 1. The van der Waals surface area contributed by atoms with Crippen LogP contribution in [0.4, 0.5) is 10.5 Å². The van der Waals surface area contributed by atoms with Gasteiger partial charge in [0.2, 0.25) is 0 Å². The van der Waals surface area contributed by atoms with Crippen molar-refractivity contribution in [3.05, 3.63) is 29.8 Å². The number of carbonyl (C=O) groups is 1. The average molecular weight is 299 g/mol. The van der Waals surface area contributed by atoms with E-state index in [1.807, 2.05) is 23.1 Å². The average Bonchev–Trinajstić information content (AvgIpc) is 3.12. The molecule has 1 N–H and O–H groups in total. The van der Waals surface area contributed by atoms with Crippen LogP contribution in [0.15, 0.2) is 29.3 Å². The molecule has 3 heterocycles. The molecule has 2 amide bonds. The predicted octanol–water partition coefficient (Wildman–Crippen LogP) is 2.48. The van der Waals surface area contributed by atoms with Crippen LogP contribution < -0.4 is 5.32 Å². The monoisotopic (exact) mass is 299 g/mol. The van der Waals surface area contributed by atoms with Gasteiger partial charge >= 0.3 is 6.03 Å². The Balaban J connectivity index is 1.38. The Morgan fingerprint density at radius 1 is 1.32 bits per heavy atom. The van der Waals surface area contributed by atoms with E-state index in [0.717, 1.165) is 50.7 Å². The maximum Gasteiger partial charge on any atom is 0.322 e. The van der Waals surface area contributed by atoms with Crippen LogP contribution in [0.5, 0.6) is 0 Å². The fourth-order valence-corrected chi connectivity index (χ4v) is 3.75. The molecule has 0 aromatic heterocycles. The Labute approximate surface area is 130 Å². The third-order valence-electron chi connectivity index (χ3n) is 4.99. The molecular formula is C17H21N3O2. The molecule has 1 atom stereocenters. The molecule has 1 unspecified atom stereocenters. The predicted molar refractivity (Wildman–Crippen MR) is 84.4 cm³/mol. The SMILES string of the molecule is O=C(NC1=Nc2ccccc2C1)N1CCC2(CCCOC2)C1. The highest BCUT2D eigenvalue weighted by Crippen LogP contribution is 2.38. The molecule has 116 valence electrons. The van der Waals surface area contributed by atoms with Crippen LogP contribution in [0.3, 0.4) is 0 Å². The van der Waals surface area contributed by atoms with E-state index in [-0.39, 0.29) is 11.4 Å². The van der Waals surface area contributed by atoms with E-state index in [1.165, 1.54) is 12.0 Å². The summed E-state index contributed by atoms with van der Waals surface area (Å²) in [5.41, 5.74) is 2.34. The summed E-state index contributed by atoms with van der Waals surface area (Å²) in [5, 5.41) is 2.99. The topological polar surface area (TPSA) is 53.9 Å². The van der Waals surface area contributed by atoms with Crippen LogP contribution >= 0.6 is 0 Å². The van der Waals surface area contributed by atoms with Gasteiger partial charge in [-0.1, -0.05) is 18.2 Å². The van der Waals surface area contributed by atoms with Crippen LogP contribution in [0.1, 0.15) is 24.8 Å². The van der Waals surface area contributed by atoms with Gasteiger partial charge < -0.3 is 9.64 Å². The van der Waals surface area contributed by atoms with E-state index < -0.39 is 0 Å². The summed E-state index contributed by atoms with van der Waals surface area (Å²) in [7, 11) is 0. The number of nitrogens with one attached hydrogen (secondary N) is 1. The number of rotatable bonds is 0. The summed E-state index contributed by atoms with van der Waals surface area (Å²) in [4.78, 5) is 18.9. The maximum absolute atomic E-state index is 12.5. The first-order valence-electron chi connectivity index (χ1n) is 8.03. The highest BCUT2D eigenvalue weighted by atomic mass is 16.5. The van der Waals surface area contributed by atoms with E-state index in [1.54, 1.807) is 0 Å². The smallest absolute Gasteiger partial charge is 0.322 e. The molecule has 0 bridgehead atoms. The molecule has 22 heavy (non-hydrogen) atoms. The number of aliphatic imine (C=N–C) groups is 1. The molecule has 1 spiro atoms. The van der Waals surface area contributed by atoms with Gasteiger partial charge in [0.1, 0.15) is 5.84 Å². The Bertz CT molecular complexity index is 620. The Morgan fingerprint density at radius 2 is 2.23 bits per heavy atom. The number of benzene rings is 1. The van der Waals surface area contributed by atoms with Crippen LogP contribution in [-0.2, 0) is 11.2 Å². The molecular weight excluding hydrogens is 278 g/mol. The minimum Gasteiger partial charge on any atom is -0.381 e. The zero-order valence-electron chi connectivity index (χ0n) is 12.7. The number of amides is 2. The van der Waals surface area contributed by atoms with Gasteiger partial charge in [0.15, 0.2) is 0 Å². The Morgan fingerprint density at radius 3 is 3.05 bits per heavy atom. The van der Waals surface area contributed by atoms with Gasteiger partial charge in [0.05, 0.1) is 12.3 Å². The number of hydrogen-bond acceptors (Lipinski definition) is 3. The Hall–Kier alpha value is -1.88. The van der Waals surface area contributed by atoms with E-state index >= 15 is 0 Å². The lowest BCUT2D eigenvalue weighted by molar-refractivity contribution is -0.000361. The lowest BCUT2D eigenvalue weighted by Gasteiger charge is -2.32. The largest absolute Gasteiger partial charge is 0.381 e. The number of amidine groups is 1. The van der Waals surface area contributed by atoms with Crippen molar-refractivity contribution in [2.75, 3.05) is 26.3 Å². The van der Waals surface area contributed by atoms with Crippen molar-refractivity contribution in [3.63, 3.8) is 0 Å². The quantitative estimate of drug-likeness (QED) is 0.800. The van der Waals surface area contributed by atoms with E-state index in [9.17, 15) is 4.79 Å². The fraction of sp³-hybridized carbons (Fsp3) is 0.529. The normalized spacial score (nSPS) is 26.9. The fourth-order valence-electron chi connectivity index (χ4n) is 3.75. The lowest BCUT2D eigenvalue weighted by atomic mass is 9.82. The second-order valence-corrected chi connectivity index (χ2v) is 6.62. The van der Waals surface area contributed by atoms with Crippen molar-refractivity contribution < 1.29 is 9.53 Å². The summed E-state index contributed by atoms with van der Waals surface area (Å²) in [6.07, 6.45) is 4.04. The van der Waals surface area contributed by atoms with Crippen LogP contribution in [0, 0.1) is 5.41 Å². The first-order valence-corrected chi connectivity index (χ1v) is 8.03. The lowest BCUT2D eigenvalue weighted by Crippen LogP contribution is -2.44. The first-order chi connectivity index (χ1) is 10.7. The third-order valence-corrected chi connectivity index (χ3v) is 4.99. The van der Waals surface area contributed by atoms with Crippen molar-refractivity contribution in [3.8, 4) is 0 Å². The van der Waals surface area contributed by atoms with Crippen LogP contribution in [0.25, 0.3) is 0 Å².